The molecule has 0 aromatic heterocycles. The molecule has 10 heteroatoms. The van der Waals surface area contributed by atoms with Gasteiger partial charge in [0.2, 0.25) is 0 Å². The molecule has 2 atom stereocenters. The van der Waals surface area contributed by atoms with E-state index in [1.165, 1.54) is 12.8 Å². The molecule has 0 aliphatic carbocycles. The summed E-state index contributed by atoms with van der Waals surface area (Å²) in [6, 6.07) is 0. The Morgan fingerprint density at radius 1 is 0.689 bits per heavy atom. The van der Waals surface area contributed by atoms with Crippen molar-refractivity contribution in [1.29, 1.82) is 0 Å². The van der Waals surface area contributed by atoms with Gasteiger partial charge in [-0.2, -0.15) is 0 Å². The van der Waals surface area contributed by atoms with E-state index in [2.05, 4.69) is 32.1 Å². The zero-order chi connectivity index (χ0) is 33.3. The summed E-state index contributed by atoms with van der Waals surface area (Å²) in [6.45, 7) is 3.39. The van der Waals surface area contributed by atoms with Crippen molar-refractivity contribution in [2.45, 2.75) is 110 Å². The molecule has 256 valence electrons. The molecule has 2 unspecified atom stereocenters. The third-order valence-electron chi connectivity index (χ3n) is 6.20. The molecule has 0 rings (SSSR count). The van der Waals surface area contributed by atoms with Crippen molar-refractivity contribution in [3.8, 4) is 0 Å². The highest BCUT2D eigenvalue weighted by Gasteiger charge is 2.25. The number of ether oxygens (including phenoxy) is 2. The van der Waals surface area contributed by atoms with Crippen LogP contribution in [0.15, 0.2) is 72.9 Å². The molecule has 0 fully saturated rings. The lowest BCUT2D eigenvalue weighted by atomic mass is 10.1. The van der Waals surface area contributed by atoms with E-state index >= 15 is 0 Å². The minimum absolute atomic E-state index is 0.0370. The summed E-state index contributed by atoms with van der Waals surface area (Å²) in [4.78, 5) is 34.5. The second-order valence-corrected chi connectivity index (χ2v) is 11.9. The number of hydrogen-bond acceptors (Lipinski definition) is 8. The van der Waals surface area contributed by atoms with Crippen LogP contribution in [0.2, 0.25) is 0 Å². The molecule has 3 N–H and O–H groups in total. The Labute approximate surface area is 271 Å². The molecule has 45 heavy (non-hydrogen) atoms. The maximum absolute atomic E-state index is 12.4. The number of esters is 2. The Balaban J connectivity index is 4.49. The van der Waals surface area contributed by atoms with Gasteiger partial charge in [-0.3, -0.25) is 18.6 Å². The normalized spacial score (nSPS) is 14.5. The van der Waals surface area contributed by atoms with Crippen LogP contribution in [0, 0.1) is 0 Å². The highest BCUT2D eigenvalue weighted by atomic mass is 31.2. The Morgan fingerprint density at radius 2 is 1.27 bits per heavy atom. The molecule has 0 aliphatic heterocycles. The lowest BCUT2D eigenvalue weighted by Gasteiger charge is -2.19. The van der Waals surface area contributed by atoms with E-state index < -0.39 is 32.5 Å². The van der Waals surface area contributed by atoms with Gasteiger partial charge in [0.05, 0.1) is 13.2 Å². The van der Waals surface area contributed by atoms with E-state index in [1.807, 2.05) is 54.7 Å². The van der Waals surface area contributed by atoms with Crippen molar-refractivity contribution in [2.24, 2.45) is 5.73 Å². The molecule has 0 spiro atoms. The lowest BCUT2D eigenvalue weighted by molar-refractivity contribution is -0.161. The second-order valence-electron chi connectivity index (χ2n) is 10.4. The first kappa shape index (κ1) is 42.5. The van der Waals surface area contributed by atoms with Crippen molar-refractivity contribution in [3.63, 3.8) is 0 Å². The Hall–Kier alpha value is -2.55. The van der Waals surface area contributed by atoms with E-state index in [4.69, 9.17) is 24.3 Å². The smallest absolute Gasteiger partial charge is 0.462 e. The maximum atomic E-state index is 12.4. The van der Waals surface area contributed by atoms with Crippen molar-refractivity contribution in [2.75, 3.05) is 26.4 Å². The van der Waals surface area contributed by atoms with E-state index in [9.17, 15) is 19.0 Å². The third kappa shape index (κ3) is 31.2. The molecule has 0 aromatic rings. The molecule has 0 radical (unpaired) electrons. The van der Waals surface area contributed by atoms with Crippen LogP contribution >= 0.6 is 7.82 Å². The van der Waals surface area contributed by atoms with E-state index in [-0.39, 0.29) is 32.6 Å². The first-order chi connectivity index (χ1) is 21.8. The van der Waals surface area contributed by atoms with Gasteiger partial charge in [-0.05, 0) is 44.9 Å². The number of phosphoric ester groups is 1. The number of hydrogen-bond donors (Lipinski definition) is 2. The van der Waals surface area contributed by atoms with Gasteiger partial charge in [0.25, 0.3) is 0 Å². The third-order valence-corrected chi connectivity index (χ3v) is 7.19. The van der Waals surface area contributed by atoms with Gasteiger partial charge in [0, 0.05) is 19.4 Å². The van der Waals surface area contributed by atoms with Crippen LogP contribution in [0.4, 0.5) is 0 Å². The number of carbonyl (C=O) groups excluding carboxylic acids is 2. The first-order valence-corrected chi connectivity index (χ1v) is 18.0. The summed E-state index contributed by atoms with van der Waals surface area (Å²) in [6.07, 6.45) is 35.2. The topological polar surface area (TPSA) is 134 Å². The fourth-order valence-electron chi connectivity index (χ4n) is 3.76. The summed E-state index contributed by atoms with van der Waals surface area (Å²) in [7, 11) is -4.39. The van der Waals surface area contributed by atoms with Crippen molar-refractivity contribution in [1.82, 2.24) is 0 Å². The molecule has 0 bridgehead atoms. The number of rotatable bonds is 29. The van der Waals surface area contributed by atoms with Gasteiger partial charge in [-0.1, -0.05) is 119 Å². The molecule has 9 nitrogen and oxygen atoms in total. The molecule has 0 aromatic carbocycles. The number of allylic oxidation sites excluding steroid dienone is 12. The minimum atomic E-state index is -4.39. The van der Waals surface area contributed by atoms with Gasteiger partial charge in [0.15, 0.2) is 6.10 Å². The average Bonchev–Trinajstić information content (AvgIpc) is 3.02. The molecule has 0 amide bonds. The van der Waals surface area contributed by atoms with Crippen molar-refractivity contribution >= 4 is 19.8 Å². The fraction of sp³-hybridized carbons (Fsp3) is 0.600. The minimum Gasteiger partial charge on any atom is -0.462 e. The highest BCUT2D eigenvalue weighted by molar-refractivity contribution is 7.47. The van der Waals surface area contributed by atoms with Crippen LogP contribution in [-0.4, -0.2) is 49.3 Å². The van der Waals surface area contributed by atoms with Gasteiger partial charge in [-0.15, -0.1) is 0 Å². The molecule has 0 saturated heterocycles. The first-order valence-electron chi connectivity index (χ1n) is 16.5. The quantitative estimate of drug-likeness (QED) is 0.0269. The number of phosphoric acid groups is 1. The van der Waals surface area contributed by atoms with Gasteiger partial charge < -0.3 is 20.1 Å². The van der Waals surface area contributed by atoms with Crippen LogP contribution in [0.25, 0.3) is 0 Å². The average molecular weight is 652 g/mol. The van der Waals surface area contributed by atoms with E-state index in [1.54, 1.807) is 0 Å². The largest absolute Gasteiger partial charge is 0.472 e. The Kier molecular flexibility index (Phi) is 29.7. The summed E-state index contributed by atoms with van der Waals surface area (Å²) in [5.41, 5.74) is 5.30. The number of carbonyl (C=O) groups is 2. The second kappa shape index (κ2) is 31.4. The van der Waals surface area contributed by atoms with E-state index in [0.717, 1.165) is 44.9 Å². The van der Waals surface area contributed by atoms with Crippen molar-refractivity contribution in [3.05, 3.63) is 72.9 Å². The zero-order valence-electron chi connectivity index (χ0n) is 27.6. The van der Waals surface area contributed by atoms with Gasteiger partial charge in [-0.25, -0.2) is 4.57 Å². The maximum Gasteiger partial charge on any atom is 0.472 e. The summed E-state index contributed by atoms with van der Waals surface area (Å²) in [5.74, 6) is -0.940. The number of nitrogens with two attached hydrogens (primary N) is 1. The zero-order valence-corrected chi connectivity index (χ0v) is 28.5. The fourth-order valence-corrected chi connectivity index (χ4v) is 4.53. The Morgan fingerprint density at radius 3 is 1.93 bits per heavy atom. The molecule has 0 heterocycles. The summed E-state index contributed by atoms with van der Waals surface area (Å²) >= 11 is 0. The molecule has 0 aliphatic rings. The van der Waals surface area contributed by atoms with Crippen LogP contribution in [-0.2, 0) is 32.7 Å². The van der Waals surface area contributed by atoms with Crippen LogP contribution in [0.5, 0.6) is 0 Å². The highest BCUT2D eigenvalue weighted by Crippen LogP contribution is 2.43. The van der Waals surface area contributed by atoms with Crippen LogP contribution in [0.1, 0.15) is 104 Å². The summed E-state index contributed by atoms with van der Waals surface area (Å²) in [5, 5.41) is 0. The molecule has 0 saturated carbocycles. The lowest BCUT2D eigenvalue weighted by Crippen LogP contribution is -2.29. The monoisotopic (exact) mass is 651 g/mol. The van der Waals surface area contributed by atoms with Gasteiger partial charge in [0.1, 0.15) is 6.61 Å². The SMILES string of the molecule is CC/C=C/C=C/C=C/C=C/C=C/CCCC(=O)OC(COC(=O)CCCCCCC/C=C/CCCC)COP(=O)(O)OCCN. The molecular weight excluding hydrogens is 593 g/mol. The van der Waals surface area contributed by atoms with Crippen LogP contribution < -0.4 is 5.73 Å². The molecular formula is C35H58NO8P. The van der Waals surface area contributed by atoms with E-state index in [0.29, 0.717) is 19.3 Å². The summed E-state index contributed by atoms with van der Waals surface area (Å²) < 4.78 is 32.4. The number of unbranched alkanes of at least 4 members (excludes halogenated alkanes) is 8. The predicted molar refractivity (Wildman–Crippen MR) is 182 cm³/mol. The van der Waals surface area contributed by atoms with Gasteiger partial charge >= 0.3 is 19.8 Å². The Bertz CT molecular complexity index is 971. The standard InChI is InChI=1S/C35H58NO8P/c1-3-5-7-9-11-13-15-16-18-20-22-24-26-28-35(38)44-33(32-43-45(39,40)42-30-29-36)31-41-34(37)27-25-23-21-19-17-14-12-10-8-6-4-2/h5,7,9-13,15-16,18,20,22,33H,3-4,6,8,14,17,19,21,23-32,36H2,1-2H3,(H,39,40)/b7-5+,11-9+,12-10+,15-13+,18-16+,22-20+. The van der Waals surface area contributed by atoms with Crippen molar-refractivity contribution < 1.29 is 37.6 Å². The van der Waals surface area contributed by atoms with Crippen LogP contribution in [0.3, 0.4) is 0 Å². The predicted octanol–water partition coefficient (Wildman–Crippen LogP) is 8.37.